The van der Waals surface area contributed by atoms with Crippen LogP contribution in [0.25, 0.3) is 22.6 Å². The fourth-order valence-electron chi connectivity index (χ4n) is 3.57. The van der Waals surface area contributed by atoms with E-state index >= 15 is 0 Å². The lowest BCUT2D eigenvalue weighted by molar-refractivity contribution is 0.844. The van der Waals surface area contributed by atoms with Crippen molar-refractivity contribution >= 4 is 18.4 Å². The molecule has 2 aromatic carbocycles. The number of hydrogen-bond donors (Lipinski definition) is 2. The van der Waals surface area contributed by atoms with Crippen LogP contribution in [0.15, 0.2) is 59.7 Å². The SMILES string of the molecule is S=c1[nH]nc(-c2n[nH]c3c2CCC3)n1N=Cc1ccc(-c2ccccc2)cc1. The van der Waals surface area contributed by atoms with E-state index in [-0.39, 0.29) is 0 Å². The lowest BCUT2D eigenvalue weighted by atomic mass is 10.0. The van der Waals surface area contributed by atoms with Crippen molar-refractivity contribution in [3.05, 3.63) is 76.2 Å². The fourth-order valence-corrected chi connectivity index (χ4v) is 3.75. The molecule has 28 heavy (non-hydrogen) atoms. The number of benzene rings is 2. The molecule has 5 rings (SSSR count). The number of aromatic amines is 2. The molecule has 2 heterocycles. The summed E-state index contributed by atoms with van der Waals surface area (Å²) in [5, 5.41) is 19.3. The number of rotatable bonds is 4. The Morgan fingerprint density at radius 1 is 0.929 bits per heavy atom. The average Bonchev–Trinajstić information content (AvgIpc) is 3.44. The van der Waals surface area contributed by atoms with Gasteiger partial charge in [-0.25, -0.2) is 5.10 Å². The molecule has 6 nitrogen and oxygen atoms in total. The van der Waals surface area contributed by atoms with E-state index in [4.69, 9.17) is 12.2 Å². The van der Waals surface area contributed by atoms with Crippen LogP contribution >= 0.6 is 12.2 Å². The van der Waals surface area contributed by atoms with E-state index in [0.29, 0.717) is 10.6 Å². The normalized spacial score (nSPS) is 13.3. The predicted octanol–water partition coefficient (Wildman–Crippen LogP) is 4.37. The molecule has 0 saturated heterocycles. The Morgan fingerprint density at radius 2 is 1.71 bits per heavy atom. The smallest absolute Gasteiger partial charge is 0.216 e. The van der Waals surface area contributed by atoms with Gasteiger partial charge in [-0.3, -0.25) is 5.10 Å². The van der Waals surface area contributed by atoms with Crippen molar-refractivity contribution in [2.75, 3.05) is 0 Å². The molecule has 0 bridgehead atoms. The summed E-state index contributed by atoms with van der Waals surface area (Å²) < 4.78 is 2.08. The standard InChI is InChI=1S/C21H18N6S/c28-21-26-25-20(19-17-7-4-8-18(17)23-24-19)27(21)22-13-14-9-11-16(12-10-14)15-5-2-1-3-6-15/h1-3,5-6,9-13H,4,7-8H2,(H,23,24)(H,26,28). The zero-order valence-corrected chi connectivity index (χ0v) is 15.9. The van der Waals surface area contributed by atoms with E-state index < -0.39 is 0 Å². The third kappa shape index (κ3) is 2.99. The van der Waals surface area contributed by atoms with Gasteiger partial charge in [0.2, 0.25) is 10.6 Å². The molecule has 1 aliphatic carbocycles. The number of nitrogens with one attached hydrogen (secondary N) is 2. The highest BCUT2D eigenvalue weighted by Gasteiger charge is 2.23. The highest BCUT2D eigenvalue weighted by atomic mass is 32.1. The molecular formula is C21H18N6S. The van der Waals surface area contributed by atoms with Gasteiger partial charge in [0.25, 0.3) is 0 Å². The summed E-state index contributed by atoms with van der Waals surface area (Å²) >= 11 is 5.37. The van der Waals surface area contributed by atoms with Gasteiger partial charge in [0.15, 0.2) is 0 Å². The fraction of sp³-hybridized carbons (Fsp3) is 0.143. The van der Waals surface area contributed by atoms with Crippen molar-refractivity contribution < 1.29 is 0 Å². The Morgan fingerprint density at radius 3 is 2.54 bits per heavy atom. The molecule has 0 fully saturated rings. The summed E-state index contributed by atoms with van der Waals surface area (Å²) in [6, 6.07) is 18.6. The molecule has 0 unspecified atom stereocenters. The summed E-state index contributed by atoms with van der Waals surface area (Å²) in [6.45, 7) is 0. The van der Waals surface area contributed by atoms with Crippen LogP contribution in [0, 0.1) is 4.77 Å². The van der Waals surface area contributed by atoms with Crippen LogP contribution in [0.5, 0.6) is 0 Å². The maximum absolute atomic E-state index is 5.37. The molecule has 4 aromatic rings. The number of H-pyrrole nitrogens is 2. The summed E-state index contributed by atoms with van der Waals surface area (Å²) in [6.07, 6.45) is 4.96. The molecule has 0 spiro atoms. The summed E-state index contributed by atoms with van der Waals surface area (Å²) in [7, 11) is 0. The third-order valence-electron chi connectivity index (χ3n) is 5.01. The van der Waals surface area contributed by atoms with Crippen molar-refractivity contribution in [1.29, 1.82) is 0 Å². The largest absolute Gasteiger partial charge is 0.282 e. The summed E-state index contributed by atoms with van der Waals surface area (Å²) in [4.78, 5) is 0. The molecular weight excluding hydrogens is 368 g/mol. The Balaban J connectivity index is 1.44. The second-order valence-corrected chi connectivity index (χ2v) is 7.17. The van der Waals surface area contributed by atoms with Crippen molar-refractivity contribution in [3.8, 4) is 22.6 Å². The van der Waals surface area contributed by atoms with E-state index in [9.17, 15) is 0 Å². The van der Waals surface area contributed by atoms with Crippen LogP contribution in [0.2, 0.25) is 0 Å². The minimum absolute atomic E-state index is 0.446. The molecule has 1 aliphatic rings. The first-order valence-electron chi connectivity index (χ1n) is 9.23. The van der Waals surface area contributed by atoms with Crippen molar-refractivity contribution in [1.82, 2.24) is 25.1 Å². The lowest BCUT2D eigenvalue weighted by Crippen LogP contribution is -1.97. The second kappa shape index (κ2) is 7.01. The average molecular weight is 386 g/mol. The topological polar surface area (TPSA) is 74.7 Å². The van der Waals surface area contributed by atoms with E-state index in [2.05, 4.69) is 49.8 Å². The molecule has 0 radical (unpaired) electrons. The molecule has 0 atom stereocenters. The van der Waals surface area contributed by atoms with Crippen LogP contribution in [0.1, 0.15) is 23.2 Å². The minimum atomic E-state index is 0.446. The van der Waals surface area contributed by atoms with E-state index in [0.717, 1.165) is 30.5 Å². The molecule has 0 aliphatic heterocycles. The third-order valence-corrected chi connectivity index (χ3v) is 5.27. The Bertz CT molecular complexity index is 1200. The molecule has 2 N–H and O–H groups in total. The lowest BCUT2D eigenvalue weighted by Gasteiger charge is -2.02. The highest BCUT2D eigenvalue weighted by Crippen LogP contribution is 2.29. The minimum Gasteiger partial charge on any atom is -0.282 e. The number of hydrogen-bond acceptors (Lipinski definition) is 4. The van der Waals surface area contributed by atoms with Gasteiger partial charge < -0.3 is 0 Å². The van der Waals surface area contributed by atoms with Gasteiger partial charge in [-0.2, -0.15) is 20.0 Å². The summed E-state index contributed by atoms with van der Waals surface area (Å²) in [5.41, 5.74) is 6.59. The van der Waals surface area contributed by atoms with Crippen LogP contribution < -0.4 is 0 Å². The Hall–Kier alpha value is -3.32. The first-order chi connectivity index (χ1) is 13.8. The molecule has 0 amide bonds. The molecule has 0 saturated carbocycles. The van der Waals surface area contributed by atoms with Gasteiger partial charge in [0.1, 0.15) is 5.69 Å². The zero-order valence-electron chi connectivity index (χ0n) is 15.1. The predicted molar refractivity (Wildman–Crippen MR) is 112 cm³/mol. The molecule has 2 aromatic heterocycles. The van der Waals surface area contributed by atoms with Crippen LogP contribution in [-0.2, 0) is 12.8 Å². The number of fused-ring (bicyclic) bond motifs is 1. The van der Waals surface area contributed by atoms with Crippen LogP contribution in [-0.4, -0.2) is 31.3 Å². The van der Waals surface area contributed by atoms with Crippen molar-refractivity contribution in [2.45, 2.75) is 19.3 Å². The Kier molecular flexibility index (Phi) is 4.21. The number of aromatic nitrogens is 5. The first kappa shape index (κ1) is 16.8. The summed E-state index contributed by atoms with van der Waals surface area (Å²) in [5.74, 6) is 0.640. The number of aryl methyl sites for hydroxylation is 1. The number of nitrogens with zero attached hydrogens (tertiary/aromatic N) is 4. The van der Waals surface area contributed by atoms with E-state index in [1.165, 1.54) is 22.4 Å². The van der Waals surface area contributed by atoms with E-state index in [1.807, 2.05) is 30.3 Å². The molecule has 7 heteroatoms. The second-order valence-electron chi connectivity index (χ2n) is 6.78. The van der Waals surface area contributed by atoms with Crippen molar-refractivity contribution in [3.63, 3.8) is 0 Å². The Labute approximate surface area is 167 Å². The van der Waals surface area contributed by atoms with Crippen LogP contribution in [0.3, 0.4) is 0 Å². The van der Waals surface area contributed by atoms with Gasteiger partial charge in [0, 0.05) is 11.3 Å². The highest BCUT2D eigenvalue weighted by molar-refractivity contribution is 7.71. The van der Waals surface area contributed by atoms with E-state index in [1.54, 1.807) is 10.9 Å². The van der Waals surface area contributed by atoms with Crippen LogP contribution in [0.4, 0.5) is 0 Å². The molecule has 138 valence electrons. The van der Waals surface area contributed by atoms with Gasteiger partial charge in [0.05, 0.1) is 6.21 Å². The first-order valence-corrected chi connectivity index (χ1v) is 9.64. The van der Waals surface area contributed by atoms with Gasteiger partial charge in [-0.15, -0.1) is 0 Å². The van der Waals surface area contributed by atoms with Crippen molar-refractivity contribution in [2.24, 2.45) is 5.10 Å². The van der Waals surface area contributed by atoms with Gasteiger partial charge >= 0.3 is 0 Å². The van der Waals surface area contributed by atoms with Gasteiger partial charge in [-0.05, 0) is 48.2 Å². The maximum Gasteiger partial charge on any atom is 0.216 e. The monoisotopic (exact) mass is 386 g/mol. The zero-order chi connectivity index (χ0) is 18.9. The quantitative estimate of drug-likeness (QED) is 0.404. The maximum atomic E-state index is 5.37. The van der Waals surface area contributed by atoms with Gasteiger partial charge in [-0.1, -0.05) is 54.6 Å².